The fraction of sp³-hybridized carbons (Fsp3) is 0.667. The average Bonchev–Trinajstić information content (AvgIpc) is 3.04. The molecule has 25 heavy (non-hydrogen) atoms. The fourth-order valence-electron chi connectivity index (χ4n) is 4.49. The Morgan fingerprint density at radius 1 is 1.28 bits per heavy atom. The number of hydrogen-bond donors (Lipinski definition) is 0. The molecule has 0 radical (unpaired) electrons. The van der Waals surface area contributed by atoms with Gasteiger partial charge in [-0.3, -0.25) is 14.9 Å². The lowest BCUT2D eigenvalue weighted by Crippen LogP contribution is -2.38. The molecule has 0 N–H and O–H groups in total. The van der Waals surface area contributed by atoms with Gasteiger partial charge in [-0.25, -0.2) is 4.98 Å². The van der Waals surface area contributed by atoms with Crippen molar-refractivity contribution in [1.29, 1.82) is 0 Å². The van der Waals surface area contributed by atoms with Gasteiger partial charge in [0.2, 0.25) is 5.91 Å². The quantitative estimate of drug-likeness (QED) is 0.622. The molecule has 134 valence electrons. The molecule has 0 bridgehead atoms. The lowest BCUT2D eigenvalue weighted by Gasteiger charge is -2.34. The standard InChI is InChI=1S/C18H24N4O3/c1-13-10-16(19-12-15(13)22(24)25)20-8-4-18(5-9-20)11-14(18)17(23)21-6-2-3-7-21/h10,12,14H,2-9,11H2,1H3/t14-/m0/s1. The molecule has 1 amide bonds. The molecular weight excluding hydrogens is 320 g/mol. The number of piperidine rings is 1. The minimum atomic E-state index is -0.393. The highest BCUT2D eigenvalue weighted by molar-refractivity contribution is 5.83. The van der Waals surface area contributed by atoms with Crippen LogP contribution in [-0.4, -0.2) is 46.9 Å². The van der Waals surface area contributed by atoms with Gasteiger partial charge in [0.05, 0.1) is 4.92 Å². The van der Waals surface area contributed by atoms with Crippen LogP contribution in [0.3, 0.4) is 0 Å². The van der Waals surface area contributed by atoms with Gasteiger partial charge < -0.3 is 9.80 Å². The van der Waals surface area contributed by atoms with Crippen molar-refractivity contribution in [1.82, 2.24) is 9.88 Å². The molecule has 2 saturated heterocycles. The Balaban J connectivity index is 1.38. The van der Waals surface area contributed by atoms with Crippen LogP contribution in [0, 0.1) is 28.4 Å². The topological polar surface area (TPSA) is 79.6 Å². The third kappa shape index (κ3) is 2.85. The summed E-state index contributed by atoms with van der Waals surface area (Å²) in [6.07, 6.45) is 6.69. The molecule has 2 aliphatic heterocycles. The molecule has 1 saturated carbocycles. The van der Waals surface area contributed by atoms with E-state index in [4.69, 9.17) is 0 Å². The zero-order valence-electron chi connectivity index (χ0n) is 14.6. The van der Waals surface area contributed by atoms with Crippen LogP contribution in [0.25, 0.3) is 0 Å². The maximum atomic E-state index is 12.6. The number of pyridine rings is 1. The number of nitrogens with zero attached hydrogens (tertiary/aromatic N) is 4. The van der Waals surface area contributed by atoms with Gasteiger partial charge in [0.25, 0.3) is 5.69 Å². The molecule has 0 unspecified atom stereocenters. The summed E-state index contributed by atoms with van der Waals surface area (Å²) < 4.78 is 0. The number of carbonyl (C=O) groups excluding carboxylic acids is 1. The van der Waals surface area contributed by atoms with Crippen LogP contribution in [0.1, 0.15) is 37.7 Å². The number of aromatic nitrogens is 1. The highest BCUT2D eigenvalue weighted by Gasteiger charge is 2.59. The van der Waals surface area contributed by atoms with Gasteiger partial charge in [-0.2, -0.15) is 0 Å². The number of carbonyl (C=O) groups is 1. The maximum absolute atomic E-state index is 12.6. The van der Waals surface area contributed by atoms with E-state index in [-0.39, 0.29) is 17.0 Å². The van der Waals surface area contributed by atoms with E-state index in [2.05, 4.69) is 9.88 Å². The molecule has 7 heteroatoms. The molecule has 1 aromatic heterocycles. The molecule has 0 aromatic carbocycles. The molecule has 4 rings (SSSR count). The first-order chi connectivity index (χ1) is 12.0. The molecule has 1 aliphatic carbocycles. The lowest BCUT2D eigenvalue weighted by atomic mass is 9.90. The predicted octanol–water partition coefficient (Wildman–Crippen LogP) is 2.53. The Morgan fingerprint density at radius 2 is 1.96 bits per heavy atom. The van der Waals surface area contributed by atoms with Gasteiger partial charge in [0.15, 0.2) is 0 Å². The van der Waals surface area contributed by atoms with Gasteiger partial charge in [-0.15, -0.1) is 0 Å². The van der Waals surface area contributed by atoms with Crippen LogP contribution in [-0.2, 0) is 4.79 Å². The summed E-state index contributed by atoms with van der Waals surface area (Å²) >= 11 is 0. The number of amides is 1. The Hall–Kier alpha value is -2.18. The first-order valence-corrected chi connectivity index (χ1v) is 9.15. The summed E-state index contributed by atoms with van der Waals surface area (Å²) in [4.78, 5) is 31.7. The molecule has 1 aromatic rings. The lowest BCUT2D eigenvalue weighted by molar-refractivity contribution is -0.385. The Labute approximate surface area is 147 Å². The van der Waals surface area contributed by atoms with Gasteiger partial charge in [0, 0.05) is 37.7 Å². The molecule has 1 atom stereocenters. The number of aryl methyl sites for hydroxylation is 1. The summed E-state index contributed by atoms with van der Waals surface area (Å²) in [6, 6.07) is 1.80. The first-order valence-electron chi connectivity index (χ1n) is 9.15. The molecule has 3 aliphatic rings. The van der Waals surface area contributed by atoms with E-state index < -0.39 is 4.92 Å². The Bertz CT molecular complexity index is 706. The SMILES string of the molecule is Cc1cc(N2CCC3(CC2)C[C@H]3C(=O)N2CCCC2)ncc1[N+](=O)[O-]. The van der Waals surface area contributed by atoms with Crippen molar-refractivity contribution in [2.24, 2.45) is 11.3 Å². The molecule has 1 spiro atoms. The van der Waals surface area contributed by atoms with E-state index in [1.807, 2.05) is 4.90 Å². The summed E-state index contributed by atoms with van der Waals surface area (Å²) in [5.74, 6) is 1.40. The van der Waals surface area contributed by atoms with Crippen LogP contribution in [0.2, 0.25) is 0 Å². The van der Waals surface area contributed by atoms with Crippen LogP contribution < -0.4 is 4.90 Å². The summed E-state index contributed by atoms with van der Waals surface area (Å²) in [6.45, 7) is 5.36. The van der Waals surface area contributed by atoms with E-state index >= 15 is 0 Å². The smallest absolute Gasteiger partial charge is 0.290 e. The highest BCUT2D eigenvalue weighted by Crippen LogP contribution is 2.60. The third-order valence-corrected chi connectivity index (χ3v) is 6.25. The minimum Gasteiger partial charge on any atom is -0.357 e. The normalized spacial score (nSPS) is 24.6. The summed E-state index contributed by atoms with van der Waals surface area (Å²) in [5, 5.41) is 10.9. The van der Waals surface area contributed by atoms with E-state index in [0.717, 1.165) is 64.1 Å². The third-order valence-electron chi connectivity index (χ3n) is 6.25. The van der Waals surface area contributed by atoms with E-state index in [0.29, 0.717) is 11.5 Å². The van der Waals surface area contributed by atoms with Crippen molar-refractivity contribution in [2.45, 2.75) is 39.0 Å². The molecule has 7 nitrogen and oxygen atoms in total. The Kier molecular flexibility index (Phi) is 3.89. The Morgan fingerprint density at radius 3 is 2.56 bits per heavy atom. The highest BCUT2D eigenvalue weighted by atomic mass is 16.6. The van der Waals surface area contributed by atoms with Crippen molar-refractivity contribution < 1.29 is 9.72 Å². The van der Waals surface area contributed by atoms with Crippen molar-refractivity contribution in [3.8, 4) is 0 Å². The van der Waals surface area contributed by atoms with Crippen molar-refractivity contribution in [2.75, 3.05) is 31.1 Å². The minimum absolute atomic E-state index is 0.0655. The number of nitro groups is 1. The van der Waals surface area contributed by atoms with Crippen molar-refractivity contribution in [3.63, 3.8) is 0 Å². The number of anilines is 1. The van der Waals surface area contributed by atoms with Crippen LogP contribution in [0.4, 0.5) is 11.5 Å². The number of likely N-dealkylation sites (tertiary alicyclic amines) is 1. The van der Waals surface area contributed by atoms with Crippen LogP contribution in [0.5, 0.6) is 0 Å². The van der Waals surface area contributed by atoms with Gasteiger partial charge >= 0.3 is 0 Å². The van der Waals surface area contributed by atoms with Crippen molar-refractivity contribution >= 4 is 17.4 Å². The first kappa shape index (κ1) is 16.3. The monoisotopic (exact) mass is 344 g/mol. The van der Waals surface area contributed by atoms with E-state index in [1.165, 1.54) is 6.20 Å². The summed E-state index contributed by atoms with van der Waals surface area (Å²) in [5.41, 5.74) is 0.908. The second-order valence-corrected chi connectivity index (χ2v) is 7.72. The van der Waals surface area contributed by atoms with Crippen LogP contribution >= 0.6 is 0 Å². The second kappa shape index (κ2) is 5.97. The average molecular weight is 344 g/mol. The molecule has 3 fully saturated rings. The molecular formula is C18H24N4O3. The predicted molar refractivity (Wildman–Crippen MR) is 93.4 cm³/mol. The van der Waals surface area contributed by atoms with Gasteiger partial charge in [0.1, 0.15) is 12.0 Å². The van der Waals surface area contributed by atoms with Crippen molar-refractivity contribution in [3.05, 3.63) is 27.9 Å². The molecule has 3 heterocycles. The zero-order chi connectivity index (χ0) is 17.6. The number of rotatable bonds is 3. The zero-order valence-corrected chi connectivity index (χ0v) is 14.6. The maximum Gasteiger partial charge on any atom is 0.290 e. The number of hydrogen-bond acceptors (Lipinski definition) is 5. The van der Waals surface area contributed by atoms with Gasteiger partial charge in [-0.05, 0) is 50.5 Å². The summed E-state index contributed by atoms with van der Waals surface area (Å²) in [7, 11) is 0. The largest absolute Gasteiger partial charge is 0.357 e. The van der Waals surface area contributed by atoms with E-state index in [1.54, 1.807) is 13.0 Å². The van der Waals surface area contributed by atoms with E-state index in [9.17, 15) is 14.9 Å². The fourth-order valence-corrected chi connectivity index (χ4v) is 4.49. The second-order valence-electron chi connectivity index (χ2n) is 7.72. The van der Waals surface area contributed by atoms with Gasteiger partial charge in [-0.1, -0.05) is 0 Å². The van der Waals surface area contributed by atoms with Crippen LogP contribution in [0.15, 0.2) is 12.3 Å².